The fourth-order valence-corrected chi connectivity index (χ4v) is 2.95. The first-order chi connectivity index (χ1) is 11.8. The topological polar surface area (TPSA) is 46.5 Å². The molecule has 0 saturated carbocycles. The predicted molar refractivity (Wildman–Crippen MR) is 106 cm³/mol. The molecule has 0 spiro atoms. The van der Waals surface area contributed by atoms with E-state index in [-0.39, 0.29) is 12.5 Å². The second kappa shape index (κ2) is 15.2. The summed E-state index contributed by atoms with van der Waals surface area (Å²) in [4.78, 5) is 10.9. The molecule has 0 unspecified atom stereocenters. The minimum absolute atomic E-state index is 0.0537. The number of carboxylic acid groups (broad SMARTS) is 1. The summed E-state index contributed by atoms with van der Waals surface area (Å²) in [5, 5.41) is 8.97. The standard InChI is InChI=1S/C21H41NO3/c1-5-6-7-8-9-10-11-12-13-14-15-16-17-25-20(18-21(23)24)19-22(2,3)4/h16-17,20H,5-15,18-19H2,1-4H3/p+1/t20-/m1/s1. The largest absolute Gasteiger partial charge is 0.492 e. The quantitative estimate of drug-likeness (QED) is 0.216. The van der Waals surface area contributed by atoms with Gasteiger partial charge in [-0.2, -0.15) is 0 Å². The highest BCUT2D eigenvalue weighted by molar-refractivity contribution is 5.67. The zero-order valence-corrected chi connectivity index (χ0v) is 17.1. The Morgan fingerprint density at radius 1 is 0.960 bits per heavy atom. The molecular formula is C21H42NO3+. The van der Waals surface area contributed by atoms with Gasteiger partial charge >= 0.3 is 5.97 Å². The molecule has 0 rings (SSSR count). The number of likely N-dealkylation sites (N-methyl/N-ethyl adjacent to an activating group) is 1. The van der Waals surface area contributed by atoms with Crippen molar-refractivity contribution < 1.29 is 19.1 Å². The van der Waals surface area contributed by atoms with Crippen LogP contribution in [0.15, 0.2) is 12.3 Å². The lowest BCUT2D eigenvalue weighted by Gasteiger charge is -2.28. The van der Waals surface area contributed by atoms with Crippen LogP contribution in [0.2, 0.25) is 0 Å². The summed E-state index contributed by atoms with van der Waals surface area (Å²) in [6.07, 6.45) is 18.0. The third-order valence-electron chi connectivity index (χ3n) is 4.25. The maximum atomic E-state index is 10.9. The van der Waals surface area contributed by atoms with Gasteiger partial charge in [-0.3, -0.25) is 4.79 Å². The average Bonchev–Trinajstić information content (AvgIpc) is 2.49. The summed E-state index contributed by atoms with van der Waals surface area (Å²) in [6.45, 7) is 2.95. The minimum atomic E-state index is -0.804. The van der Waals surface area contributed by atoms with Crippen molar-refractivity contribution in [3.63, 3.8) is 0 Å². The number of allylic oxidation sites excluding steroid dienone is 1. The van der Waals surface area contributed by atoms with Crippen molar-refractivity contribution in [2.45, 2.75) is 90.1 Å². The van der Waals surface area contributed by atoms with Gasteiger partial charge in [0, 0.05) is 0 Å². The number of carboxylic acids is 1. The van der Waals surface area contributed by atoms with E-state index in [9.17, 15) is 4.79 Å². The van der Waals surface area contributed by atoms with E-state index in [0.29, 0.717) is 11.0 Å². The highest BCUT2D eigenvalue weighted by Gasteiger charge is 2.21. The number of nitrogens with zero attached hydrogens (tertiary/aromatic N) is 1. The van der Waals surface area contributed by atoms with Crippen LogP contribution in [-0.2, 0) is 9.53 Å². The Bertz CT molecular complexity index is 348. The van der Waals surface area contributed by atoms with Gasteiger partial charge in [0.2, 0.25) is 0 Å². The molecule has 4 nitrogen and oxygen atoms in total. The molecule has 0 aliphatic carbocycles. The zero-order valence-electron chi connectivity index (χ0n) is 17.1. The maximum absolute atomic E-state index is 10.9. The van der Waals surface area contributed by atoms with Crippen LogP contribution in [0, 0.1) is 0 Å². The van der Waals surface area contributed by atoms with Crippen LogP contribution in [0.5, 0.6) is 0 Å². The Morgan fingerprint density at radius 2 is 1.48 bits per heavy atom. The van der Waals surface area contributed by atoms with Crippen LogP contribution in [0.1, 0.15) is 84.0 Å². The van der Waals surface area contributed by atoms with Crippen LogP contribution in [0.3, 0.4) is 0 Å². The fraction of sp³-hybridized carbons (Fsp3) is 0.857. The highest BCUT2D eigenvalue weighted by Crippen LogP contribution is 2.12. The van der Waals surface area contributed by atoms with Gasteiger partial charge in [0.05, 0.1) is 33.8 Å². The summed E-state index contributed by atoms with van der Waals surface area (Å²) in [7, 11) is 6.14. The number of ether oxygens (including phenoxy) is 1. The van der Waals surface area contributed by atoms with Gasteiger partial charge in [-0.1, -0.05) is 64.7 Å². The molecule has 0 aromatic carbocycles. The van der Waals surface area contributed by atoms with Gasteiger partial charge in [-0.05, 0) is 18.9 Å². The van der Waals surface area contributed by atoms with Crippen molar-refractivity contribution in [3.8, 4) is 0 Å². The molecule has 0 amide bonds. The monoisotopic (exact) mass is 356 g/mol. The maximum Gasteiger partial charge on any atom is 0.307 e. The fourth-order valence-electron chi connectivity index (χ4n) is 2.95. The van der Waals surface area contributed by atoms with Crippen molar-refractivity contribution in [2.75, 3.05) is 27.7 Å². The third kappa shape index (κ3) is 19.1. The van der Waals surface area contributed by atoms with E-state index in [2.05, 4.69) is 6.92 Å². The summed E-state index contributed by atoms with van der Waals surface area (Å²) < 4.78 is 6.34. The molecular weight excluding hydrogens is 314 g/mol. The first-order valence-corrected chi connectivity index (χ1v) is 10.2. The molecule has 0 aromatic heterocycles. The Kier molecular flexibility index (Phi) is 14.6. The van der Waals surface area contributed by atoms with Crippen LogP contribution in [0.25, 0.3) is 0 Å². The third-order valence-corrected chi connectivity index (χ3v) is 4.25. The van der Waals surface area contributed by atoms with Crippen LogP contribution < -0.4 is 0 Å². The first-order valence-electron chi connectivity index (χ1n) is 10.2. The number of rotatable bonds is 17. The van der Waals surface area contributed by atoms with Crippen molar-refractivity contribution in [1.29, 1.82) is 0 Å². The first kappa shape index (κ1) is 24.0. The van der Waals surface area contributed by atoms with Crippen molar-refractivity contribution in [2.24, 2.45) is 0 Å². The molecule has 0 fully saturated rings. The van der Waals surface area contributed by atoms with Gasteiger partial charge < -0.3 is 14.3 Å². The summed E-state index contributed by atoms with van der Waals surface area (Å²) in [6, 6.07) is 0. The Hall–Kier alpha value is -1.03. The molecule has 0 saturated heterocycles. The van der Waals surface area contributed by atoms with E-state index < -0.39 is 5.97 Å². The van der Waals surface area contributed by atoms with Crippen LogP contribution in [0.4, 0.5) is 0 Å². The van der Waals surface area contributed by atoms with E-state index in [1.165, 1.54) is 64.2 Å². The number of carbonyl (C=O) groups is 1. The van der Waals surface area contributed by atoms with Crippen LogP contribution in [-0.4, -0.2) is 49.4 Å². The normalized spacial score (nSPS) is 13.3. The van der Waals surface area contributed by atoms with Gasteiger partial charge in [0.1, 0.15) is 6.54 Å². The predicted octanol–water partition coefficient (Wildman–Crippen LogP) is 5.38. The van der Waals surface area contributed by atoms with Crippen molar-refractivity contribution in [1.82, 2.24) is 0 Å². The summed E-state index contributed by atoms with van der Waals surface area (Å²) in [5.41, 5.74) is 0. The molecule has 25 heavy (non-hydrogen) atoms. The van der Waals surface area contributed by atoms with Crippen molar-refractivity contribution in [3.05, 3.63) is 12.3 Å². The average molecular weight is 357 g/mol. The molecule has 1 atom stereocenters. The molecule has 0 heterocycles. The SMILES string of the molecule is CCCCCCCCCCCCC=CO[C@H](CC(=O)O)C[N+](C)(C)C. The van der Waals surface area contributed by atoms with E-state index in [1.807, 2.05) is 27.2 Å². The highest BCUT2D eigenvalue weighted by atomic mass is 16.5. The number of aliphatic carboxylic acids is 1. The van der Waals surface area contributed by atoms with Gasteiger partial charge in [-0.15, -0.1) is 0 Å². The Labute approximate surface area is 155 Å². The Morgan fingerprint density at radius 3 is 1.96 bits per heavy atom. The van der Waals surface area contributed by atoms with E-state index in [4.69, 9.17) is 9.84 Å². The molecule has 0 radical (unpaired) electrons. The molecule has 4 heteroatoms. The van der Waals surface area contributed by atoms with Gasteiger partial charge in [0.25, 0.3) is 0 Å². The van der Waals surface area contributed by atoms with Crippen molar-refractivity contribution >= 4 is 5.97 Å². The molecule has 0 aliphatic heterocycles. The molecule has 0 aliphatic rings. The number of unbranched alkanes of at least 4 members (excludes halogenated alkanes) is 10. The second-order valence-corrected chi connectivity index (χ2v) is 8.17. The van der Waals surface area contributed by atoms with E-state index >= 15 is 0 Å². The smallest absolute Gasteiger partial charge is 0.307 e. The zero-order chi connectivity index (χ0) is 19.0. The number of hydrogen-bond donors (Lipinski definition) is 1. The minimum Gasteiger partial charge on any atom is -0.492 e. The molecule has 148 valence electrons. The lowest BCUT2D eigenvalue weighted by Crippen LogP contribution is -2.42. The molecule has 0 bridgehead atoms. The summed E-state index contributed by atoms with van der Waals surface area (Å²) in [5.74, 6) is -0.804. The second-order valence-electron chi connectivity index (χ2n) is 8.17. The van der Waals surface area contributed by atoms with Crippen LogP contribution >= 0.6 is 0 Å². The lowest BCUT2D eigenvalue weighted by molar-refractivity contribution is -0.873. The number of quaternary nitrogens is 1. The molecule has 1 N–H and O–H groups in total. The molecule has 0 aromatic rings. The number of hydrogen-bond acceptors (Lipinski definition) is 2. The van der Waals surface area contributed by atoms with E-state index in [1.54, 1.807) is 6.26 Å². The van der Waals surface area contributed by atoms with Gasteiger partial charge in [0.15, 0.2) is 6.10 Å². The lowest BCUT2D eigenvalue weighted by atomic mass is 10.1. The summed E-state index contributed by atoms with van der Waals surface area (Å²) >= 11 is 0. The Balaban J connectivity index is 3.63. The van der Waals surface area contributed by atoms with E-state index in [0.717, 1.165) is 6.42 Å². The van der Waals surface area contributed by atoms with Gasteiger partial charge in [-0.25, -0.2) is 0 Å².